The molecule has 3 heterocycles. The van der Waals surface area contributed by atoms with E-state index in [9.17, 15) is 34.5 Å². The van der Waals surface area contributed by atoms with Crippen LogP contribution in [0.5, 0.6) is 5.75 Å². The second-order valence-electron chi connectivity index (χ2n) is 7.76. The van der Waals surface area contributed by atoms with E-state index < -0.39 is 41.6 Å². The second kappa shape index (κ2) is 15.2. The number of thioether (sulfide) groups is 1. The number of phenolic OH excluding ortho intramolecular Hbond substituents is 1. The Morgan fingerprint density at radius 1 is 1.25 bits per heavy atom. The first-order valence-corrected chi connectivity index (χ1v) is 11.2. The first kappa shape index (κ1) is 37.9. The molecular weight excluding hydrogens is 574 g/mol. The number of aryl methyl sites for hydroxylation is 1. The molecule has 20 heteroatoms. The van der Waals surface area contributed by atoms with Gasteiger partial charge in [0, 0.05) is 19.9 Å². The molecule has 1 unspecified atom stereocenters. The maximum atomic E-state index is 13.2. The number of hydrogen-bond donors (Lipinski definition) is 6. The number of methoxy groups -OCH3 is 1. The molecular formula is C20H28N8Na2O9S. The van der Waals surface area contributed by atoms with Crippen LogP contribution in [0.4, 0.5) is 0 Å². The van der Waals surface area contributed by atoms with Crippen LogP contribution in [0.25, 0.3) is 0 Å². The first-order valence-electron chi connectivity index (χ1n) is 10.2. The Morgan fingerprint density at radius 3 is 2.38 bits per heavy atom. The summed E-state index contributed by atoms with van der Waals surface area (Å²) in [6, 6.07) is 4.93. The molecule has 40 heavy (non-hydrogen) atoms. The van der Waals surface area contributed by atoms with Gasteiger partial charge in [0.2, 0.25) is 11.1 Å². The molecule has 0 saturated carbocycles. The van der Waals surface area contributed by atoms with E-state index in [0.29, 0.717) is 5.16 Å². The minimum Gasteiger partial charge on any atom is -1.00 e. The average Bonchev–Trinajstić information content (AvgIpc) is 3.25. The minimum absolute atomic E-state index is 0. The number of carboxylic acid groups (broad SMARTS) is 2. The molecule has 2 aliphatic rings. The van der Waals surface area contributed by atoms with Gasteiger partial charge in [-0.25, -0.2) is 9.48 Å². The molecule has 3 atom stereocenters. The van der Waals surface area contributed by atoms with Crippen molar-refractivity contribution >= 4 is 35.5 Å². The molecule has 10 N–H and O–H groups in total. The van der Waals surface area contributed by atoms with Crippen LogP contribution in [0.1, 0.15) is 14.3 Å². The van der Waals surface area contributed by atoms with Crippen molar-refractivity contribution in [3.05, 3.63) is 41.1 Å². The molecule has 0 spiro atoms. The van der Waals surface area contributed by atoms with E-state index in [1.807, 2.05) is 0 Å². The van der Waals surface area contributed by atoms with Crippen LogP contribution in [0, 0.1) is 0 Å². The SMILES string of the molecule is CO[C@@]1(NC(=O)C(C(=O)O)c2ccc(O)cc2)C(=O)N2C(C(=O)O)=C(CSc3nnnn3C)CO[C@@H]21.N.N.[H-].[H-].[Na+].[Na+]. The van der Waals surface area contributed by atoms with Gasteiger partial charge in [-0.2, -0.15) is 0 Å². The number of aromatic hydroxyl groups is 1. The van der Waals surface area contributed by atoms with E-state index in [1.165, 1.54) is 28.9 Å². The summed E-state index contributed by atoms with van der Waals surface area (Å²) in [4.78, 5) is 51.0. The van der Waals surface area contributed by atoms with Gasteiger partial charge in [0.15, 0.2) is 12.1 Å². The number of rotatable bonds is 9. The van der Waals surface area contributed by atoms with Crippen LogP contribution >= 0.6 is 11.8 Å². The van der Waals surface area contributed by atoms with Crippen LogP contribution in [-0.2, 0) is 35.7 Å². The van der Waals surface area contributed by atoms with Crippen molar-refractivity contribution in [2.45, 2.75) is 23.0 Å². The summed E-state index contributed by atoms with van der Waals surface area (Å²) in [6.07, 6.45) is -1.36. The molecule has 17 nitrogen and oxygen atoms in total. The maximum absolute atomic E-state index is 13.2. The number of hydrogen-bond acceptors (Lipinski definition) is 13. The summed E-state index contributed by atoms with van der Waals surface area (Å²) < 4.78 is 12.4. The third-order valence-corrected chi connectivity index (χ3v) is 6.73. The number of β-lactam (4-membered cyclic amide) rings is 1. The first-order chi connectivity index (χ1) is 17.1. The van der Waals surface area contributed by atoms with Gasteiger partial charge in [0.05, 0.1) is 6.61 Å². The average molecular weight is 603 g/mol. The number of tetrazole rings is 1. The zero-order chi connectivity index (χ0) is 26.2. The quantitative estimate of drug-likeness (QED) is 0.0512. The van der Waals surface area contributed by atoms with E-state index in [2.05, 4.69) is 20.8 Å². The number of nitrogens with zero attached hydrogens (tertiary/aromatic N) is 5. The number of aliphatic carboxylic acids is 2. The summed E-state index contributed by atoms with van der Waals surface area (Å²) in [7, 11) is 2.71. The van der Waals surface area contributed by atoms with Crippen LogP contribution in [-0.4, -0.2) is 95.6 Å². The van der Waals surface area contributed by atoms with Crippen LogP contribution in [0.3, 0.4) is 0 Å². The smallest absolute Gasteiger partial charge is 1.00 e. The number of ether oxygens (including phenoxy) is 2. The third-order valence-electron chi connectivity index (χ3n) is 5.64. The Bertz CT molecular complexity index is 1290. The molecule has 0 aliphatic carbocycles. The van der Waals surface area contributed by atoms with Crippen molar-refractivity contribution < 1.29 is 106 Å². The van der Waals surface area contributed by atoms with Gasteiger partial charge in [-0.15, -0.1) is 5.10 Å². The Kier molecular flexibility index (Phi) is 14.4. The fraction of sp³-hybridized carbons (Fsp3) is 0.350. The molecule has 2 amide bonds. The predicted octanol–water partition coefficient (Wildman–Crippen LogP) is -6.57. The van der Waals surface area contributed by atoms with Gasteiger partial charge < -0.3 is 45.3 Å². The van der Waals surface area contributed by atoms with Gasteiger partial charge in [-0.3, -0.25) is 19.3 Å². The third kappa shape index (κ3) is 6.85. The Hall–Kier alpha value is -2.10. The molecule has 1 aromatic heterocycles. The van der Waals surface area contributed by atoms with Crippen molar-refractivity contribution in [3.8, 4) is 5.75 Å². The zero-order valence-electron chi connectivity index (χ0n) is 24.2. The van der Waals surface area contributed by atoms with Crippen molar-refractivity contribution in [1.82, 2.24) is 42.7 Å². The number of carboxylic acids is 2. The van der Waals surface area contributed by atoms with E-state index in [4.69, 9.17) is 9.47 Å². The second-order valence-corrected chi connectivity index (χ2v) is 8.70. The standard InChI is InChI=1S/C20H20N6O9S.2H3N.2Na.2H/c1-25-19(22-23-24-25)36-8-10-7-35-18-20(34-2,17(33)26(18)13(10)16(31)32)21-14(28)12(15(29)30)9-3-5-11(27)6-4-9;;;;;;/h3-6,12,18,27H,7-8H2,1-2H3,(H,21,28)(H,29,30)(H,31,32);2*1H3;;;;/q;;;2*+1;2*-1/t12?,18-,20+;;;;;;/m1....../s1. The normalized spacial score (nSPS) is 19.8. The van der Waals surface area contributed by atoms with Crippen molar-refractivity contribution in [2.24, 2.45) is 7.05 Å². The maximum Gasteiger partial charge on any atom is 1.00 e. The van der Waals surface area contributed by atoms with E-state index >= 15 is 0 Å². The van der Waals surface area contributed by atoms with Gasteiger partial charge in [0.1, 0.15) is 11.4 Å². The molecule has 0 radical (unpaired) electrons. The number of amides is 2. The largest absolute Gasteiger partial charge is 1.00 e. The molecule has 1 saturated heterocycles. The predicted molar refractivity (Wildman–Crippen MR) is 129 cm³/mol. The van der Waals surface area contributed by atoms with Crippen LogP contribution in [0.2, 0.25) is 0 Å². The van der Waals surface area contributed by atoms with Gasteiger partial charge in [-0.1, -0.05) is 23.9 Å². The summed E-state index contributed by atoms with van der Waals surface area (Å²) in [5.41, 5.74) is -2.17. The number of aromatic nitrogens is 4. The number of carbonyl (C=O) groups is 4. The zero-order valence-corrected chi connectivity index (χ0v) is 27.0. The molecule has 0 bridgehead atoms. The molecule has 1 fully saturated rings. The van der Waals surface area contributed by atoms with Crippen LogP contribution < -0.4 is 76.7 Å². The number of fused-ring (bicyclic) bond motifs is 1. The minimum atomic E-state index is -2.14. The summed E-state index contributed by atoms with van der Waals surface area (Å²) in [6.45, 7) is -0.213. The number of carbonyl (C=O) groups excluding carboxylic acids is 2. The Morgan fingerprint density at radius 2 is 1.88 bits per heavy atom. The molecule has 210 valence electrons. The van der Waals surface area contributed by atoms with Gasteiger partial charge in [0.25, 0.3) is 11.6 Å². The van der Waals surface area contributed by atoms with Gasteiger partial charge in [-0.05, 0) is 33.7 Å². The Labute approximate surface area is 278 Å². The number of phenols is 1. The number of nitrogens with one attached hydrogen (secondary N) is 1. The Balaban J connectivity index is -0.00000253. The van der Waals surface area contributed by atoms with Gasteiger partial charge >= 0.3 is 71.1 Å². The summed E-state index contributed by atoms with van der Waals surface area (Å²) in [5, 5.41) is 42.6. The van der Waals surface area contributed by atoms with Crippen molar-refractivity contribution in [2.75, 3.05) is 19.5 Å². The fourth-order valence-electron chi connectivity index (χ4n) is 3.88. The molecule has 2 aromatic rings. The van der Waals surface area contributed by atoms with E-state index in [-0.39, 0.29) is 109 Å². The molecule has 4 rings (SSSR count). The van der Waals surface area contributed by atoms with E-state index in [0.717, 1.165) is 23.8 Å². The van der Waals surface area contributed by atoms with Crippen molar-refractivity contribution in [1.29, 1.82) is 0 Å². The van der Waals surface area contributed by atoms with E-state index in [1.54, 1.807) is 7.05 Å². The summed E-state index contributed by atoms with van der Waals surface area (Å²) in [5.74, 6) is -6.73. The topological polar surface area (TPSA) is 276 Å². The number of benzene rings is 1. The van der Waals surface area contributed by atoms with Crippen molar-refractivity contribution in [3.63, 3.8) is 0 Å². The molecule has 2 aliphatic heterocycles. The fourth-order valence-corrected chi connectivity index (χ4v) is 4.72. The molecule has 1 aromatic carbocycles. The monoisotopic (exact) mass is 602 g/mol. The van der Waals surface area contributed by atoms with Crippen LogP contribution in [0.15, 0.2) is 40.7 Å². The summed E-state index contributed by atoms with van der Waals surface area (Å²) >= 11 is 1.14.